The van der Waals surface area contributed by atoms with E-state index in [4.69, 9.17) is 19.9 Å². The van der Waals surface area contributed by atoms with E-state index in [1.165, 1.54) is 0 Å². The van der Waals surface area contributed by atoms with Crippen molar-refractivity contribution in [1.29, 1.82) is 0 Å². The third-order valence-electron chi connectivity index (χ3n) is 8.25. The zero-order valence-electron chi connectivity index (χ0n) is 23.8. The summed E-state index contributed by atoms with van der Waals surface area (Å²) in [5.41, 5.74) is 10.3. The van der Waals surface area contributed by atoms with Gasteiger partial charge in [0.2, 0.25) is 0 Å². The monoisotopic (exact) mass is 756 g/mol. The Balaban J connectivity index is 0.00000300. The Kier molecular flexibility index (Phi) is 6.62. The average Bonchev–Trinajstić information content (AvgIpc) is 3.65. The number of fused-ring (bicyclic) bond motifs is 6. The molecule has 214 valence electrons. The molecule has 5 aromatic heterocycles. The topological polar surface area (TPSA) is 57.7 Å². The van der Waals surface area contributed by atoms with Crippen LogP contribution in [0.4, 0.5) is 0 Å². The number of para-hydroxylation sites is 2. The van der Waals surface area contributed by atoms with Crippen molar-refractivity contribution in [2.45, 2.75) is 0 Å². The number of aromatic nitrogens is 5. The van der Waals surface area contributed by atoms with Gasteiger partial charge in [0, 0.05) is 23.2 Å². The number of hydrogen-bond acceptors (Lipinski definition) is 3. The summed E-state index contributed by atoms with van der Waals surface area (Å²) < 4.78 is 2.08. The predicted octanol–water partition coefficient (Wildman–Crippen LogP) is 9.03. The Morgan fingerprint density at radius 3 is 2.02 bits per heavy atom. The van der Waals surface area contributed by atoms with Crippen molar-refractivity contribution in [3.63, 3.8) is 0 Å². The average molecular weight is 757 g/mol. The van der Waals surface area contributed by atoms with Crippen molar-refractivity contribution >= 4 is 43.9 Å². The van der Waals surface area contributed by atoms with Crippen LogP contribution in [-0.4, -0.2) is 19.5 Å². The largest absolute Gasteiger partial charge is 2.00 e. The van der Waals surface area contributed by atoms with E-state index >= 15 is 0 Å². The van der Waals surface area contributed by atoms with Crippen LogP contribution in [0.2, 0.25) is 0 Å². The fraction of sp³-hybridized carbons (Fsp3) is 0. The maximum Gasteiger partial charge on any atom is 2.00 e. The molecule has 0 saturated carbocycles. The molecule has 45 heavy (non-hydrogen) atoms. The number of hydrogen-bond donors (Lipinski definition) is 0. The fourth-order valence-electron chi connectivity index (χ4n) is 6.25. The van der Waals surface area contributed by atoms with E-state index in [0.717, 1.165) is 83.2 Å². The van der Waals surface area contributed by atoms with E-state index in [0.29, 0.717) is 0 Å². The van der Waals surface area contributed by atoms with E-state index in [1.807, 2.05) is 48.8 Å². The van der Waals surface area contributed by atoms with Crippen LogP contribution in [0.25, 0.3) is 83.2 Å². The Labute approximate surface area is 273 Å². The van der Waals surface area contributed by atoms with Crippen LogP contribution in [0.15, 0.2) is 140 Å². The van der Waals surface area contributed by atoms with Crippen LogP contribution < -0.4 is 4.98 Å². The summed E-state index contributed by atoms with van der Waals surface area (Å²) in [6, 6.07) is 47.3. The van der Waals surface area contributed by atoms with E-state index < -0.39 is 0 Å². The zero-order valence-corrected chi connectivity index (χ0v) is 26.1. The molecular weight excluding hydrogens is 734 g/mol. The molecule has 5 heterocycles. The first-order chi connectivity index (χ1) is 21.8. The molecule has 0 bridgehead atoms. The second-order valence-electron chi connectivity index (χ2n) is 10.9. The smallest absolute Gasteiger partial charge is 0.656 e. The van der Waals surface area contributed by atoms with Gasteiger partial charge in [-0.2, -0.15) is 0 Å². The molecule has 0 unspecified atom stereocenters. The van der Waals surface area contributed by atoms with Crippen molar-refractivity contribution in [2.24, 2.45) is 0 Å². The number of pyridine rings is 3. The molecule has 4 aromatic carbocycles. The van der Waals surface area contributed by atoms with Gasteiger partial charge in [0.15, 0.2) is 0 Å². The molecule has 6 heteroatoms. The van der Waals surface area contributed by atoms with Gasteiger partial charge >= 0.3 is 21.1 Å². The third kappa shape index (κ3) is 4.47. The summed E-state index contributed by atoms with van der Waals surface area (Å²) in [6.45, 7) is 0. The summed E-state index contributed by atoms with van der Waals surface area (Å²) in [5.74, 6) is 0. The van der Waals surface area contributed by atoms with Crippen molar-refractivity contribution in [3.8, 4) is 39.3 Å². The first-order valence-electron chi connectivity index (χ1n) is 14.6. The van der Waals surface area contributed by atoms with Gasteiger partial charge in [-0.15, -0.1) is 40.9 Å². The van der Waals surface area contributed by atoms with Gasteiger partial charge in [-0.25, -0.2) is 9.97 Å². The Morgan fingerprint density at radius 1 is 0.556 bits per heavy atom. The number of nitrogens with zero attached hydrogens (tertiary/aromatic N) is 5. The predicted molar refractivity (Wildman–Crippen MR) is 178 cm³/mol. The van der Waals surface area contributed by atoms with Crippen LogP contribution in [0.5, 0.6) is 0 Å². The van der Waals surface area contributed by atoms with E-state index in [-0.39, 0.29) is 21.1 Å². The van der Waals surface area contributed by atoms with Gasteiger partial charge in [0.05, 0.1) is 5.69 Å². The molecule has 9 aromatic rings. The molecule has 0 aliphatic heterocycles. The molecule has 9 rings (SSSR count). The van der Waals surface area contributed by atoms with Crippen molar-refractivity contribution in [2.75, 3.05) is 0 Å². The van der Waals surface area contributed by atoms with Gasteiger partial charge < -0.3 is 4.98 Å². The molecule has 0 aliphatic carbocycles. The summed E-state index contributed by atoms with van der Waals surface area (Å²) >= 11 is 0. The van der Waals surface area contributed by atoms with Crippen molar-refractivity contribution in [3.05, 3.63) is 146 Å². The van der Waals surface area contributed by atoms with Gasteiger partial charge in [0.25, 0.3) is 0 Å². The van der Waals surface area contributed by atoms with Gasteiger partial charge in [-0.05, 0) is 69.2 Å². The van der Waals surface area contributed by atoms with Crippen LogP contribution in [-0.2, 0) is 21.1 Å². The van der Waals surface area contributed by atoms with Crippen LogP contribution in [0.1, 0.15) is 0 Å². The number of benzene rings is 4. The Morgan fingerprint density at radius 2 is 1.22 bits per heavy atom. The maximum absolute atomic E-state index is 5.26. The fourth-order valence-corrected chi connectivity index (χ4v) is 6.25. The van der Waals surface area contributed by atoms with Crippen LogP contribution in [0.3, 0.4) is 0 Å². The second kappa shape index (κ2) is 11.0. The molecule has 0 aliphatic rings. The van der Waals surface area contributed by atoms with E-state index in [1.54, 1.807) is 0 Å². The summed E-state index contributed by atoms with van der Waals surface area (Å²) in [5, 5.41) is 4.40. The molecule has 5 nitrogen and oxygen atoms in total. The minimum Gasteiger partial charge on any atom is -0.656 e. The minimum atomic E-state index is 0. The molecule has 0 radical (unpaired) electrons. The molecular formula is C39H23N5Pt. The molecule has 0 atom stereocenters. The quantitative estimate of drug-likeness (QED) is 0.168. The maximum atomic E-state index is 5.26. The minimum absolute atomic E-state index is 0. The molecule has 0 amide bonds. The summed E-state index contributed by atoms with van der Waals surface area (Å²) in [7, 11) is 0. The summed E-state index contributed by atoms with van der Waals surface area (Å²) in [6.07, 6.45) is 3.64. The van der Waals surface area contributed by atoms with Gasteiger partial charge in [0.1, 0.15) is 11.3 Å². The first-order valence-corrected chi connectivity index (χ1v) is 14.6. The Bertz CT molecular complexity index is 2460. The molecule has 0 saturated heterocycles. The second-order valence-corrected chi connectivity index (χ2v) is 10.9. The third-order valence-corrected chi connectivity index (χ3v) is 8.25. The van der Waals surface area contributed by atoms with Crippen molar-refractivity contribution in [1.82, 2.24) is 24.5 Å². The Hall–Kier alpha value is -5.38. The van der Waals surface area contributed by atoms with Crippen LogP contribution in [0, 0.1) is 6.07 Å². The first kappa shape index (κ1) is 27.2. The summed E-state index contributed by atoms with van der Waals surface area (Å²) in [4.78, 5) is 19.8. The van der Waals surface area contributed by atoms with Gasteiger partial charge in [-0.1, -0.05) is 78.9 Å². The van der Waals surface area contributed by atoms with E-state index in [2.05, 4.69) is 102 Å². The molecule has 0 spiro atoms. The van der Waals surface area contributed by atoms with E-state index in [9.17, 15) is 0 Å². The normalized spacial score (nSPS) is 11.4. The standard InChI is InChI=1S/C39H23N5.Pt/c1-2-10-25(11-3-1)27-23-35(42-36(24-27)33-16-7-15-30-29-14-4-5-19-34(29)43-37(30)33)26-12-6-13-28(22-26)44-38-31(17-8-20-40-38)32-18-9-21-41-39(32)44;/h1-21,23-24H;/q-2;+2. The number of rotatable bonds is 4. The molecule has 0 fully saturated rings. The zero-order chi connectivity index (χ0) is 29.0. The van der Waals surface area contributed by atoms with Gasteiger partial charge in [-0.3, -0.25) is 9.55 Å². The SMILES string of the molecule is [Pt+2].[c-]1c(-c2cc(-c3ccccc3)cc(-c3cccc4c3[n-]c3ccccc34)n2)cccc1-n1c2ncccc2c2cccnc21. The van der Waals surface area contributed by atoms with Crippen LogP contribution >= 0.6 is 0 Å². The molecule has 0 N–H and O–H groups in total. The van der Waals surface area contributed by atoms with Crippen molar-refractivity contribution < 1.29 is 21.1 Å².